The van der Waals surface area contributed by atoms with E-state index in [-0.39, 0.29) is 11.5 Å². The van der Waals surface area contributed by atoms with E-state index in [1.807, 2.05) is 10.8 Å². The number of aliphatic hydroxyl groups excluding tert-OH is 1. The van der Waals surface area contributed by atoms with Gasteiger partial charge in [-0.15, -0.1) is 0 Å². The topological polar surface area (TPSA) is 41.8 Å². The summed E-state index contributed by atoms with van der Waals surface area (Å²) < 4.78 is 0. The molecular formula is C22H35NO2S2. The molecule has 0 radical (unpaired) electrons. The van der Waals surface area contributed by atoms with E-state index < -0.39 is 0 Å². The number of oxime groups is 1. The van der Waals surface area contributed by atoms with Crippen LogP contribution in [0.5, 0.6) is 0 Å². The molecule has 0 aromatic carbocycles. The minimum Gasteiger partial charge on any atom is -0.399 e. The molecule has 3 fully saturated rings. The predicted molar refractivity (Wildman–Crippen MR) is 117 cm³/mol. The SMILES string of the molecule is CCSSC[C@]12CC/C(=N/OC)C=C1CC[C@@H]1[C@@H]2CC[C@]2(C)[C@@H](O)CC[C@@H]12. The van der Waals surface area contributed by atoms with Crippen molar-refractivity contribution in [1.29, 1.82) is 0 Å². The lowest BCUT2D eigenvalue weighted by molar-refractivity contribution is -0.0710. The quantitative estimate of drug-likeness (QED) is 0.359. The number of rotatable bonds is 5. The van der Waals surface area contributed by atoms with Gasteiger partial charge in [-0.3, -0.25) is 0 Å². The van der Waals surface area contributed by atoms with Crippen molar-refractivity contribution in [3.8, 4) is 0 Å². The fourth-order valence-electron chi connectivity index (χ4n) is 7.04. The van der Waals surface area contributed by atoms with Crippen LogP contribution in [-0.2, 0) is 4.84 Å². The molecule has 3 saturated carbocycles. The molecule has 4 aliphatic carbocycles. The maximum absolute atomic E-state index is 10.7. The third kappa shape index (κ3) is 3.30. The van der Waals surface area contributed by atoms with Gasteiger partial charge in [-0.1, -0.05) is 46.2 Å². The summed E-state index contributed by atoms with van der Waals surface area (Å²) in [4.78, 5) is 5.09. The van der Waals surface area contributed by atoms with Crippen molar-refractivity contribution in [3.63, 3.8) is 0 Å². The molecular weight excluding hydrogens is 374 g/mol. The highest BCUT2D eigenvalue weighted by molar-refractivity contribution is 8.76. The molecule has 4 aliphatic rings. The van der Waals surface area contributed by atoms with Crippen molar-refractivity contribution < 1.29 is 9.94 Å². The Labute approximate surface area is 172 Å². The van der Waals surface area contributed by atoms with Gasteiger partial charge in [0.25, 0.3) is 0 Å². The second-order valence-corrected chi connectivity index (χ2v) is 12.1. The molecule has 0 bridgehead atoms. The molecule has 0 heterocycles. The van der Waals surface area contributed by atoms with Crippen LogP contribution in [0, 0.1) is 28.6 Å². The van der Waals surface area contributed by atoms with E-state index in [1.165, 1.54) is 50.0 Å². The zero-order chi connectivity index (χ0) is 19.1. The van der Waals surface area contributed by atoms with Gasteiger partial charge in [0.15, 0.2) is 0 Å². The summed E-state index contributed by atoms with van der Waals surface area (Å²) in [5.74, 6) is 4.73. The summed E-state index contributed by atoms with van der Waals surface area (Å²) in [5, 5.41) is 15.0. The Kier molecular flexibility index (Phi) is 5.93. The molecule has 0 aromatic rings. The van der Waals surface area contributed by atoms with Gasteiger partial charge in [0.1, 0.15) is 7.11 Å². The molecule has 0 saturated heterocycles. The zero-order valence-corrected chi connectivity index (χ0v) is 18.7. The summed E-state index contributed by atoms with van der Waals surface area (Å²) in [6.45, 7) is 4.64. The lowest BCUT2D eigenvalue weighted by Crippen LogP contribution is -2.53. The normalized spacial score (nSPS) is 45.0. The molecule has 152 valence electrons. The lowest BCUT2D eigenvalue weighted by atomic mass is 9.47. The second kappa shape index (κ2) is 7.95. The molecule has 0 amide bonds. The number of fused-ring (bicyclic) bond motifs is 5. The zero-order valence-electron chi connectivity index (χ0n) is 17.1. The maximum Gasteiger partial charge on any atom is 0.106 e. The molecule has 1 N–H and O–H groups in total. The number of allylic oxidation sites excluding steroid dienone is 2. The predicted octanol–water partition coefficient (Wildman–Crippen LogP) is 5.69. The number of hydrogen-bond acceptors (Lipinski definition) is 5. The van der Waals surface area contributed by atoms with Gasteiger partial charge in [0, 0.05) is 16.9 Å². The smallest absolute Gasteiger partial charge is 0.106 e. The first kappa shape index (κ1) is 20.2. The van der Waals surface area contributed by atoms with Crippen molar-refractivity contribution in [2.24, 2.45) is 33.7 Å². The van der Waals surface area contributed by atoms with Gasteiger partial charge < -0.3 is 9.94 Å². The van der Waals surface area contributed by atoms with Crippen LogP contribution in [0.1, 0.15) is 65.2 Å². The number of nitrogens with zero attached hydrogens (tertiary/aromatic N) is 1. The van der Waals surface area contributed by atoms with Gasteiger partial charge in [-0.2, -0.15) is 0 Å². The summed E-state index contributed by atoms with van der Waals surface area (Å²) in [6.07, 6.45) is 11.9. The average Bonchev–Trinajstić information content (AvgIpc) is 2.97. The Bertz CT molecular complexity index is 621. The molecule has 3 nitrogen and oxygen atoms in total. The summed E-state index contributed by atoms with van der Waals surface area (Å²) >= 11 is 0. The number of aliphatic hydroxyl groups is 1. The first-order chi connectivity index (χ1) is 13.0. The maximum atomic E-state index is 10.7. The van der Waals surface area contributed by atoms with Crippen LogP contribution in [-0.4, -0.2) is 35.5 Å². The van der Waals surface area contributed by atoms with E-state index in [1.54, 1.807) is 12.7 Å². The molecule has 27 heavy (non-hydrogen) atoms. The van der Waals surface area contributed by atoms with Crippen molar-refractivity contribution in [3.05, 3.63) is 11.6 Å². The minimum atomic E-state index is -0.0758. The molecule has 6 atom stereocenters. The highest BCUT2D eigenvalue weighted by Crippen LogP contribution is 2.66. The van der Waals surface area contributed by atoms with Gasteiger partial charge in [-0.05, 0) is 80.6 Å². The van der Waals surface area contributed by atoms with Crippen molar-refractivity contribution in [2.75, 3.05) is 18.6 Å². The van der Waals surface area contributed by atoms with Crippen LogP contribution < -0.4 is 0 Å². The fourth-order valence-corrected chi connectivity index (χ4v) is 9.42. The van der Waals surface area contributed by atoms with Crippen molar-refractivity contribution >= 4 is 27.3 Å². The molecule has 4 rings (SSSR count). The largest absolute Gasteiger partial charge is 0.399 e. The Morgan fingerprint density at radius 2 is 2.00 bits per heavy atom. The van der Waals surface area contributed by atoms with Crippen LogP contribution in [0.25, 0.3) is 0 Å². The van der Waals surface area contributed by atoms with E-state index in [0.717, 1.165) is 36.3 Å². The standard InChI is InChI=1S/C22H35NO2S2/c1-4-26-27-14-22-12-9-16(23-25-3)13-15(22)5-6-17-18-7-8-20(24)21(18,2)11-10-19(17)22/h13,17-20,24H,4-12,14H2,1-3H3/b23-16-/t17-,18-,19-,20-,21-,22+/m0/s1. The Hall–Kier alpha value is -0.130. The summed E-state index contributed by atoms with van der Waals surface area (Å²) in [5.41, 5.74) is 3.30. The van der Waals surface area contributed by atoms with Crippen molar-refractivity contribution in [2.45, 2.75) is 71.3 Å². The highest BCUT2D eigenvalue weighted by Gasteiger charge is 2.59. The van der Waals surface area contributed by atoms with E-state index in [2.05, 4.69) is 35.9 Å². The molecule has 0 unspecified atom stereocenters. The Balaban J connectivity index is 1.66. The average molecular weight is 410 g/mol. The lowest BCUT2D eigenvalue weighted by Gasteiger charge is -2.58. The molecule has 0 aromatic heterocycles. The van der Waals surface area contributed by atoms with Gasteiger partial charge in [0.05, 0.1) is 11.8 Å². The van der Waals surface area contributed by atoms with E-state index >= 15 is 0 Å². The Morgan fingerprint density at radius 3 is 2.78 bits per heavy atom. The minimum absolute atomic E-state index is 0.0758. The summed E-state index contributed by atoms with van der Waals surface area (Å²) in [7, 11) is 5.76. The number of hydrogen-bond donors (Lipinski definition) is 1. The first-order valence-corrected chi connectivity index (χ1v) is 13.3. The van der Waals surface area contributed by atoms with Crippen LogP contribution in [0.2, 0.25) is 0 Å². The van der Waals surface area contributed by atoms with Crippen molar-refractivity contribution in [1.82, 2.24) is 0 Å². The monoisotopic (exact) mass is 409 g/mol. The highest BCUT2D eigenvalue weighted by atomic mass is 33.1. The van der Waals surface area contributed by atoms with Crippen LogP contribution in [0.3, 0.4) is 0 Å². The molecule has 0 spiro atoms. The van der Waals surface area contributed by atoms with E-state index in [9.17, 15) is 5.11 Å². The third-order valence-corrected chi connectivity index (χ3v) is 11.0. The van der Waals surface area contributed by atoms with E-state index in [0.29, 0.717) is 5.41 Å². The molecule has 5 heteroatoms. The van der Waals surface area contributed by atoms with Gasteiger partial charge in [-0.25, -0.2) is 0 Å². The molecule has 0 aliphatic heterocycles. The van der Waals surface area contributed by atoms with Gasteiger partial charge in [0.2, 0.25) is 0 Å². The van der Waals surface area contributed by atoms with Crippen LogP contribution in [0.15, 0.2) is 16.8 Å². The second-order valence-electron chi connectivity index (χ2n) is 9.31. The Morgan fingerprint density at radius 1 is 1.15 bits per heavy atom. The van der Waals surface area contributed by atoms with Crippen LogP contribution in [0.4, 0.5) is 0 Å². The van der Waals surface area contributed by atoms with E-state index in [4.69, 9.17) is 4.84 Å². The third-order valence-electron chi connectivity index (χ3n) is 8.38. The summed E-state index contributed by atoms with van der Waals surface area (Å²) in [6, 6.07) is 0. The fraction of sp³-hybridized carbons (Fsp3) is 0.864. The van der Waals surface area contributed by atoms with Gasteiger partial charge >= 0.3 is 0 Å². The van der Waals surface area contributed by atoms with Crippen LogP contribution >= 0.6 is 21.6 Å². The first-order valence-electron chi connectivity index (χ1n) is 10.8.